The highest BCUT2D eigenvalue weighted by molar-refractivity contribution is 5.87. The van der Waals surface area contributed by atoms with Crippen molar-refractivity contribution in [3.05, 3.63) is 12.2 Å². The van der Waals surface area contributed by atoms with Crippen LogP contribution in [0.15, 0.2) is 12.2 Å². The third-order valence-electron chi connectivity index (χ3n) is 4.33. The predicted octanol–water partition coefficient (Wildman–Crippen LogP) is 2.72. The van der Waals surface area contributed by atoms with Crippen molar-refractivity contribution in [1.29, 1.82) is 0 Å². The zero-order chi connectivity index (χ0) is 12.5. The minimum Gasteiger partial charge on any atom is -0.453 e. The number of hydrogen-bond acceptors (Lipinski definition) is 3. The van der Waals surface area contributed by atoms with Crippen LogP contribution in [0.1, 0.15) is 58.3 Å². The van der Waals surface area contributed by atoms with E-state index in [-0.39, 0.29) is 5.97 Å². The van der Waals surface area contributed by atoms with E-state index in [2.05, 4.69) is 6.58 Å². The third kappa shape index (κ3) is 2.13. The summed E-state index contributed by atoms with van der Waals surface area (Å²) in [7, 11) is 0. The first-order valence-corrected chi connectivity index (χ1v) is 6.60. The van der Waals surface area contributed by atoms with Gasteiger partial charge in [-0.25, -0.2) is 4.79 Å². The molecule has 3 nitrogen and oxygen atoms in total. The number of rotatable bonds is 2. The monoisotopic (exact) mass is 238 g/mol. The average Bonchev–Trinajstić information content (AvgIpc) is 2.29. The molecule has 1 N–H and O–H groups in total. The molecule has 3 heteroatoms. The van der Waals surface area contributed by atoms with Crippen LogP contribution in [0, 0.1) is 0 Å². The van der Waals surface area contributed by atoms with E-state index in [9.17, 15) is 9.90 Å². The van der Waals surface area contributed by atoms with Crippen LogP contribution in [0.25, 0.3) is 0 Å². The largest absolute Gasteiger partial charge is 0.453 e. The first-order chi connectivity index (χ1) is 7.99. The molecule has 0 spiro atoms. The summed E-state index contributed by atoms with van der Waals surface area (Å²) >= 11 is 0. The van der Waals surface area contributed by atoms with Crippen LogP contribution in [-0.2, 0) is 9.53 Å². The van der Waals surface area contributed by atoms with Gasteiger partial charge in [0.1, 0.15) is 11.2 Å². The molecule has 0 heterocycles. The Hall–Kier alpha value is -0.830. The summed E-state index contributed by atoms with van der Waals surface area (Å²) in [6.07, 6.45) is 7.24. The van der Waals surface area contributed by atoms with Crippen molar-refractivity contribution in [3.8, 4) is 0 Å². The Morgan fingerprint density at radius 3 is 2.06 bits per heavy atom. The summed E-state index contributed by atoms with van der Waals surface area (Å²) in [5.41, 5.74) is -1.02. The molecule has 0 aromatic carbocycles. The van der Waals surface area contributed by atoms with Crippen molar-refractivity contribution in [3.63, 3.8) is 0 Å². The Labute approximate surface area is 103 Å². The predicted molar refractivity (Wildman–Crippen MR) is 65.5 cm³/mol. The van der Waals surface area contributed by atoms with Crippen molar-refractivity contribution in [1.82, 2.24) is 0 Å². The third-order valence-corrected chi connectivity index (χ3v) is 4.33. The molecule has 2 rings (SSSR count). The first kappa shape index (κ1) is 12.6. The molecule has 2 aliphatic carbocycles. The van der Waals surface area contributed by atoms with Gasteiger partial charge in [-0.2, -0.15) is 0 Å². The maximum Gasteiger partial charge on any atom is 0.333 e. The maximum absolute atomic E-state index is 11.8. The van der Waals surface area contributed by atoms with Crippen LogP contribution < -0.4 is 0 Å². The lowest BCUT2D eigenvalue weighted by Crippen LogP contribution is -2.60. The molecule has 0 atom stereocenters. The molecule has 2 saturated carbocycles. The van der Waals surface area contributed by atoms with Crippen molar-refractivity contribution < 1.29 is 14.6 Å². The van der Waals surface area contributed by atoms with Gasteiger partial charge in [-0.15, -0.1) is 0 Å². The van der Waals surface area contributed by atoms with Crippen LogP contribution in [0.4, 0.5) is 0 Å². The minimum absolute atomic E-state index is 0.354. The normalized spacial score (nSPS) is 37.1. The summed E-state index contributed by atoms with van der Waals surface area (Å²) in [5.74, 6) is -0.354. The highest BCUT2D eigenvalue weighted by Gasteiger charge is 2.55. The maximum atomic E-state index is 11.8. The highest BCUT2D eigenvalue weighted by Crippen LogP contribution is 2.49. The quantitative estimate of drug-likeness (QED) is 0.594. The molecule has 2 aliphatic rings. The molecule has 2 fully saturated rings. The standard InChI is InChI=1S/C14H22O3/c1-11(2)12(15)17-14-9-5-3-7-13(14,16)8-4-6-10-14/h16H,1,3-10H2,2H3. The molecule has 0 aromatic rings. The second-order valence-corrected chi connectivity index (χ2v) is 5.61. The van der Waals surface area contributed by atoms with Gasteiger partial charge in [0.05, 0.1) is 0 Å². The summed E-state index contributed by atoms with van der Waals surface area (Å²) in [4.78, 5) is 11.8. The molecule has 0 aromatic heterocycles. The van der Waals surface area contributed by atoms with E-state index in [1.54, 1.807) is 6.92 Å². The molecule has 0 amide bonds. The van der Waals surface area contributed by atoms with E-state index in [1.807, 2.05) is 0 Å². The molecule has 96 valence electrons. The van der Waals surface area contributed by atoms with Gasteiger partial charge in [0, 0.05) is 5.57 Å². The molecule has 0 bridgehead atoms. The zero-order valence-corrected chi connectivity index (χ0v) is 10.6. The molecule has 0 saturated heterocycles. The first-order valence-electron chi connectivity index (χ1n) is 6.60. The van der Waals surface area contributed by atoms with Crippen molar-refractivity contribution in [2.24, 2.45) is 0 Å². The number of ether oxygens (including phenoxy) is 1. The Morgan fingerprint density at radius 1 is 1.12 bits per heavy atom. The fourth-order valence-electron chi connectivity index (χ4n) is 3.29. The van der Waals surface area contributed by atoms with Crippen LogP contribution in [0.5, 0.6) is 0 Å². The molecule has 0 radical (unpaired) electrons. The van der Waals surface area contributed by atoms with Crippen LogP contribution in [0.3, 0.4) is 0 Å². The second-order valence-electron chi connectivity index (χ2n) is 5.61. The van der Waals surface area contributed by atoms with E-state index < -0.39 is 11.2 Å². The summed E-state index contributed by atoms with van der Waals surface area (Å²) < 4.78 is 5.66. The van der Waals surface area contributed by atoms with Gasteiger partial charge < -0.3 is 9.84 Å². The van der Waals surface area contributed by atoms with E-state index in [1.165, 1.54) is 0 Å². The lowest BCUT2D eigenvalue weighted by Gasteiger charge is -2.52. The number of carbonyl (C=O) groups is 1. The highest BCUT2D eigenvalue weighted by atomic mass is 16.6. The average molecular weight is 238 g/mol. The van der Waals surface area contributed by atoms with Crippen molar-refractivity contribution in [2.45, 2.75) is 69.5 Å². The minimum atomic E-state index is -0.797. The Kier molecular flexibility index (Phi) is 3.30. The lowest BCUT2D eigenvalue weighted by molar-refractivity contribution is -0.220. The lowest BCUT2D eigenvalue weighted by atomic mass is 9.64. The van der Waals surface area contributed by atoms with Gasteiger partial charge in [-0.05, 0) is 45.4 Å². The van der Waals surface area contributed by atoms with E-state index in [0.717, 1.165) is 51.4 Å². The van der Waals surface area contributed by atoms with Crippen LogP contribution in [0.2, 0.25) is 0 Å². The molecule has 0 unspecified atom stereocenters. The summed E-state index contributed by atoms with van der Waals surface area (Å²) in [6, 6.07) is 0. The van der Waals surface area contributed by atoms with Gasteiger partial charge in [0.2, 0.25) is 0 Å². The topological polar surface area (TPSA) is 46.5 Å². The van der Waals surface area contributed by atoms with Gasteiger partial charge >= 0.3 is 5.97 Å². The molecular formula is C14H22O3. The number of aliphatic hydroxyl groups is 1. The van der Waals surface area contributed by atoms with E-state index in [4.69, 9.17) is 4.74 Å². The van der Waals surface area contributed by atoms with Gasteiger partial charge in [-0.3, -0.25) is 0 Å². The number of esters is 1. The van der Waals surface area contributed by atoms with Crippen LogP contribution >= 0.6 is 0 Å². The van der Waals surface area contributed by atoms with E-state index in [0.29, 0.717) is 5.57 Å². The fourth-order valence-corrected chi connectivity index (χ4v) is 3.29. The summed E-state index contributed by atoms with van der Waals surface area (Å²) in [5, 5.41) is 10.8. The number of fused-ring (bicyclic) bond motifs is 1. The Bertz CT molecular complexity index is 320. The number of carbonyl (C=O) groups excluding carboxylic acids is 1. The van der Waals surface area contributed by atoms with Gasteiger partial charge in [0.15, 0.2) is 0 Å². The number of hydrogen-bond donors (Lipinski definition) is 1. The Balaban J connectivity index is 2.22. The SMILES string of the molecule is C=C(C)C(=O)OC12CCCCC1(O)CCCC2. The second kappa shape index (κ2) is 4.45. The molecule has 0 aliphatic heterocycles. The van der Waals surface area contributed by atoms with Crippen molar-refractivity contribution >= 4 is 5.97 Å². The van der Waals surface area contributed by atoms with Gasteiger partial charge in [-0.1, -0.05) is 19.4 Å². The van der Waals surface area contributed by atoms with E-state index >= 15 is 0 Å². The zero-order valence-electron chi connectivity index (χ0n) is 10.6. The van der Waals surface area contributed by atoms with Gasteiger partial charge in [0.25, 0.3) is 0 Å². The summed E-state index contributed by atoms with van der Waals surface area (Å²) in [6.45, 7) is 5.28. The van der Waals surface area contributed by atoms with Crippen LogP contribution in [-0.4, -0.2) is 22.3 Å². The fraction of sp³-hybridized carbons (Fsp3) is 0.786. The molecule has 17 heavy (non-hydrogen) atoms. The molecular weight excluding hydrogens is 216 g/mol. The Morgan fingerprint density at radius 2 is 1.59 bits per heavy atom. The van der Waals surface area contributed by atoms with Crippen molar-refractivity contribution in [2.75, 3.05) is 0 Å². The smallest absolute Gasteiger partial charge is 0.333 e.